The van der Waals surface area contributed by atoms with E-state index in [1.54, 1.807) is 0 Å². The fraction of sp³-hybridized carbons (Fsp3) is 0.500. The third-order valence-electron chi connectivity index (χ3n) is 3.64. The van der Waals surface area contributed by atoms with Crippen LogP contribution >= 0.6 is 15.9 Å². The Morgan fingerprint density at radius 2 is 1.79 bits per heavy atom. The van der Waals surface area contributed by atoms with Gasteiger partial charge in [0.15, 0.2) is 9.84 Å². The summed E-state index contributed by atoms with van der Waals surface area (Å²) in [6.45, 7) is -0.300. The number of alkyl halides is 3. The molecular weight excluding hydrogens is 413 g/mol. The van der Waals surface area contributed by atoms with Crippen molar-refractivity contribution in [3.8, 4) is 0 Å². The number of hydrogen-bond acceptors (Lipinski definition) is 4. The molecule has 1 aliphatic heterocycles. The Morgan fingerprint density at radius 3 is 2.25 bits per heavy atom. The van der Waals surface area contributed by atoms with Gasteiger partial charge in [-0.15, -0.1) is 0 Å². The van der Waals surface area contributed by atoms with Gasteiger partial charge in [0.2, 0.25) is 0 Å². The van der Waals surface area contributed by atoms with E-state index in [4.69, 9.17) is 0 Å². The highest BCUT2D eigenvalue weighted by atomic mass is 79.9. The minimum atomic E-state index is -4.25. The molecule has 0 aromatic heterocycles. The van der Waals surface area contributed by atoms with Gasteiger partial charge in [0.1, 0.15) is 0 Å². The first kappa shape index (κ1) is 19.2. The number of halogens is 4. The number of carbonyl (C=O) groups excluding carboxylic acids is 1. The van der Waals surface area contributed by atoms with E-state index in [0.29, 0.717) is 5.56 Å². The van der Waals surface area contributed by atoms with Gasteiger partial charge >= 0.3 is 6.18 Å². The number of hydrogen-bond donors (Lipinski definition) is 0. The number of rotatable bonds is 3. The lowest BCUT2D eigenvalue weighted by Crippen LogP contribution is -2.50. The Balaban J connectivity index is 2.05. The standard InChI is InChI=1S/C14H16BrF3N2O3S/c1-24(22,23)12-3-2-10(8-11(12)15)13(21)20-6-4-19(5-7-20)9-14(16,17)18/h2-3,8H,4-7,9H2,1H3. The first-order valence-corrected chi connectivity index (χ1v) is 9.74. The van der Waals surface area contributed by atoms with Crippen LogP contribution in [0.5, 0.6) is 0 Å². The summed E-state index contributed by atoms with van der Waals surface area (Å²) in [4.78, 5) is 15.2. The highest BCUT2D eigenvalue weighted by Crippen LogP contribution is 2.24. The summed E-state index contributed by atoms with van der Waals surface area (Å²) >= 11 is 3.13. The highest BCUT2D eigenvalue weighted by Gasteiger charge is 2.33. The van der Waals surface area contributed by atoms with Crippen molar-refractivity contribution < 1.29 is 26.4 Å². The molecule has 1 amide bonds. The quantitative estimate of drug-likeness (QED) is 0.740. The van der Waals surface area contributed by atoms with Gasteiger partial charge in [-0.3, -0.25) is 9.69 Å². The van der Waals surface area contributed by atoms with Crippen LogP contribution in [-0.2, 0) is 9.84 Å². The van der Waals surface area contributed by atoms with Crippen LogP contribution in [0.4, 0.5) is 13.2 Å². The number of amides is 1. The molecular formula is C14H16BrF3N2O3S. The fourth-order valence-corrected chi connectivity index (χ4v) is 4.47. The van der Waals surface area contributed by atoms with Crippen molar-refractivity contribution in [1.29, 1.82) is 0 Å². The molecule has 1 saturated heterocycles. The lowest BCUT2D eigenvalue weighted by molar-refractivity contribution is -0.148. The van der Waals surface area contributed by atoms with E-state index in [0.717, 1.165) is 6.26 Å². The summed E-state index contributed by atoms with van der Waals surface area (Å²) < 4.78 is 60.5. The van der Waals surface area contributed by atoms with Gasteiger partial charge < -0.3 is 4.90 Å². The Hall–Kier alpha value is -1.13. The molecule has 1 fully saturated rings. The number of piperazine rings is 1. The minimum absolute atomic E-state index is 0.0778. The molecule has 1 heterocycles. The van der Waals surface area contributed by atoms with Crippen molar-refractivity contribution in [1.82, 2.24) is 9.80 Å². The summed E-state index contributed by atoms with van der Waals surface area (Å²) in [7, 11) is -3.41. The Kier molecular flexibility index (Phi) is 5.61. The topological polar surface area (TPSA) is 57.7 Å². The molecule has 0 unspecified atom stereocenters. The molecule has 1 aromatic carbocycles. The predicted molar refractivity (Wildman–Crippen MR) is 85.7 cm³/mol. The predicted octanol–water partition coefficient (Wildman–Crippen LogP) is 2.17. The van der Waals surface area contributed by atoms with Crippen molar-refractivity contribution in [3.63, 3.8) is 0 Å². The molecule has 10 heteroatoms. The smallest absolute Gasteiger partial charge is 0.336 e. The van der Waals surface area contributed by atoms with Gasteiger partial charge in [-0.25, -0.2) is 8.42 Å². The maximum absolute atomic E-state index is 12.4. The average Bonchev–Trinajstić information content (AvgIpc) is 2.44. The van der Waals surface area contributed by atoms with Crippen molar-refractivity contribution in [2.45, 2.75) is 11.1 Å². The van der Waals surface area contributed by atoms with E-state index >= 15 is 0 Å². The van der Waals surface area contributed by atoms with E-state index < -0.39 is 22.6 Å². The number of sulfone groups is 1. The van der Waals surface area contributed by atoms with Crippen LogP contribution in [0.15, 0.2) is 27.6 Å². The number of nitrogens with zero attached hydrogens (tertiary/aromatic N) is 2. The van der Waals surface area contributed by atoms with E-state index in [1.165, 1.54) is 28.0 Å². The third-order valence-corrected chi connectivity index (χ3v) is 5.71. The molecule has 24 heavy (non-hydrogen) atoms. The second-order valence-corrected chi connectivity index (χ2v) is 8.44. The van der Waals surface area contributed by atoms with Crippen LogP contribution in [0, 0.1) is 0 Å². The second kappa shape index (κ2) is 7.01. The number of carbonyl (C=O) groups is 1. The third kappa shape index (κ3) is 4.93. The second-order valence-electron chi connectivity index (χ2n) is 5.60. The van der Waals surface area contributed by atoms with Gasteiger partial charge in [-0.2, -0.15) is 13.2 Å². The van der Waals surface area contributed by atoms with E-state index in [1.807, 2.05) is 0 Å². The maximum Gasteiger partial charge on any atom is 0.401 e. The lowest BCUT2D eigenvalue weighted by Gasteiger charge is -2.35. The van der Waals surface area contributed by atoms with Crippen LogP contribution < -0.4 is 0 Å². The molecule has 0 aliphatic carbocycles. The summed E-state index contributed by atoms with van der Waals surface area (Å²) in [6.07, 6.45) is -3.19. The molecule has 1 aliphatic rings. The van der Waals surface area contributed by atoms with E-state index in [2.05, 4.69) is 15.9 Å². The van der Waals surface area contributed by atoms with Gasteiger partial charge in [0.05, 0.1) is 11.4 Å². The van der Waals surface area contributed by atoms with Crippen LogP contribution in [0.2, 0.25) is 0 Å². The van der Waals surface area contributed by atoms with Crippen molar-refractivity contribution in [3.05, 3.63) is 28.2 Å². The molecule has 2 rings (SSSR count). The summed E-state index contributed by atoms with van der Waals surface area (Å²) in [5, 5.41) is 0. The molecule has 0 bridgehead atoms. The van der Waals surface area contributed by atoms with E-state index in [9.17, 15) is 26.4 Å². The van der Waals surface area contributed by atoms with Crippen molar-refractivity contribution in [2.24, 2.45) is 0 Å². The molecule has 134 valence electrons. The van der Waals surface area contributed by atoms with Gasteiger partial charge in [-0.05, 0) is 34.1 Å². The zero-order valence-corrected chi connectivity index (χ0v) is 15.2. The SMILES string of the molecule is CS(=O)(=O)c1ccc(C(=O)N2CCN(CC(F)(F)F)CC2)cc1Br. The highest BCUT2D eigenvalue weighted by molar-refractivity contribution is 9.10. The molecule has 0 radical (unpaired) electrons. The monoisotopic (exact) mass is 428 g/mol. The van der Waals surface area contributed by atoms with Crippen LogP contribution in [0.3, 0.4) is 0 Å². The zero-order chi connectivity index (χ0) is 18.1. The maximum atomic E-state index is 12.4. The van der Waals surface area contributed by atoms with Crippen molar-refractivity contribution >= 4 is 31.7 Å². The van der Waals surface area contributed by atoms with Crippen LogP contribution in [0.25, 0.3) is 0 Å². The van der Waals surface area contributed by atoms with Gasteiger partial charge in [0.25, 0.3) is 5.91 Å². The Bertz CT molecular complexity index is 729. The fourth-order valence-electron chi connectivity index (χ4n) is 2.48. The molecule has 0 atom stereocenters. The van der Waals surface area contributed by atoms with Crippen LogP contribution in [-0.4, -0.2) is 69.3 Å². The van der Waals surface area contributed by atoms with Crippen molar-refractivity contribution in [2.75, 3.05) is 39.0 Å². The molecule has 0 saturated carbocycles. The Labute approximate surface area is 146 Å². The average molecular weight is 429 g/mol. The summed E-state index contributed by atoms with van der Waals surface area (Å²) in [6, 6.07) is 4.17. The summed E-state index contributed by atoms with van der Waals surface area (Å²) in [5.74, 6) is -0.331. The minimum Gasteiger partial charge on any atom is -0.336 e. The van der Waals surface area contributed by atoms with Crippen LogP contribution in [0.1, 0.15) is 10.4 Å². The lowest BCUT2D eigenvalue weighted by atomic mass is 10.2. The van der Waals surface area contributed by atoms with E-state index in [-0.39, 0.29) is 41.5 Å². The Morgan fingerprint density at radius 1 is 1.21 bits per heavy atom. The molecule has 0 spiro atoms. The number of benzene rings is 1. The molecule has 1 aromatic rings. The first-order chi connectivity index (χ1) is 11.0. The molecule has 0 N–H and O–H groups in total. The van der Waals surface area contributed by atoms with Gasteiger partial charge in [-0.1, -0.05) is 0 Å². The first-order valence-electron chi connectivity index (χ1n) is 7.05. The zero-order valence-electron chi connectivity index (χ0n) is 12.8. The molecule has 5 nitrogen and oxygen atoms in total. The normalized spacial score (nSPS) is 17.1. The van der Waals surface area contributed by atoms with Gasteiger partial charge in [0, 0.05) is 42.5 Å². The summed E-state index contributed by atoms with van der Waals surface area (Å²) in [5.41, 5.74) is 0.290. The largest absolute Gasteiger partial charge is 0.401 e.